The van der Waals surface area contributed by atoms with Crippen LogP contribution in [0.4, 0.5) is 26.3 Å². The van der Waals surface area contributed by atoms with Crippen molar-refractivity contribution < 1.29 is 49.8 Å². The second-order valence-corrected chi connectivity index (χ2v) is 17.0. The number of aryl methyl sites for hydroxylation is 2. The van der Waals surface area contributed by atoms with Crippen LogP contribution < -0.4 is 4.74 Å². The number of halogens is 8. The van der Waals surface area contributed by atoms with Gasteiger partial charge < -0.3 is 23.5 Å². The van der Waals surface area contributed by atoms with Gasteiger partial charge in [0.05, 0.1) is 5.56 Å². The normalized spacial score (nSPS) is 14.3. The summed E-state index contributed by atoms with van der Waals surface area (Å²) in [6, 6.07) is 27.9. The Morgan fingerprint density at radius 1 is 0.789 bits per heavy atom. The minimum absolute atomic E-state index is 0.0138. The van der Waals surface area contributed by atoms with Crippen molar-refractivity contribution in [2.24, 2.45) is 0 Å². The second-order valence-electron chi connectivity index (χ2n) is 14.8. The van der Waals surface area contributed by atoms with Crippen molar-refractivity contribution in [2.45, 2.75) is 81.8 Å². The maximum absolute atomic E-state index is 14.8. The summed E-state index contributed by atoms with van der Waals surface area (Å²) < 4.78 is 105. The van der Waals surface area contributed by atoms with Gasteiger partial charge in [-0.1, -0.05) is 71.7 Å². The summed E-state index contributed by atoms with van der Waals surface area (Å²) in [6.07, 6.45) is -6.67. The highest BCUT2D eigenvalue weighted by atomic mass is 35.5. The summed E-state index contributed by atoms with van der Waals surface area (Å²) >= 11 is 12.3. The van der Waals surface area contributed by atoms with Gasteiger partial charge in [-0.3, -0.25) is 0 Å². The Labute approximate surface area is 342 Å². The summed E-state index contributed by atoms with van der Waals surface area (Å²) in [7, 11) is -1.09. The lowest BCUT2D eigenvalue weighted by Crippen LogP contribution is -2.61. The molecule has 0 saturated heterocycles. The van der Waals surface area contributed by atoms with Crippen molar-refractivity contribution in [3.63, 3.8) is 0 Å². The van der Waals surface area contributed by atoms with Crippen LogP contribution in [0.3, 0.4) is 0 Å². The van der Waals surface area contributed by atoms with Gasteiger partial charge in [-0.15, -0.1) is 0 Å². The molecule has 6 nitrogen and oxygen atoms in total. The predicted molar refractivity (Wildman–Crippen MR) is 213 cm³/mol. The molecule has 4 rings (SSSR count). The quantitative estimate of drug-likeness (QED) is 0.0430. The molecule has 310 valence electrons. The van der Waals surface area contributed by atoms with E-state index >= 15 is 0 Å². The van der Waals surface area contributed by atoms with Gasteiger partial charge in [-0.25, -0.2) is 4.79 Å². The molecule has 0 aliphatic heterocycles. The molecule has 0 spiro atoms. The van der Waals surface area contributed by atoms with Crippen LogP contribution in [0.1, 0.15) is 72.1 Å². The van der Waals surface area contributed by atoms with E-state index in [2.05, 4.69) is 4.90 Å². The van der Waals surface area contributed by atoms with Crippen molar-refractivity contribution in [1.29, 1.82) is 0 Å². The van der Waals surface area contributed by atoms with Crippen LogP contribution in [-0.4, -0.2) is 77.3 Å². The topological polar surface area (TPSA) is 57.2 Å². The van der Waals surface area contributed by atoms with Crippen LogP contribution in [0, 0.1) is 0 Å². The van der Waals surface area contributed by atoms with E-state index in [9.17, 15) is 31.1 Å². The molecule has 0 amide bonds. The molecule has 4 aromatic rings. The first kappa shape index (κ1) is 46.1. The largest absolute Gasteiger partial charge is 0.484 e. The van der Waals surface area contributed by atoms with Gasteiger partial charge in [0.25, 0.3) is 15.6 Å². The Bertz CT molecular complexity index is 1830. The molecule has 0 aliphatic rings. The van der Waals surface area contributed by atoms with Crippen molar-refractivity contribution >= 4 is 38.9 Å². The fourth-order valence-corrected chi connectivity index (χ4v) is 7.41. The zero-order chi connectivity index (χ0) is 42.0. The van der Waals surface area contributed by atoms with Crippen LogP contribution in [0.25, 0.3) is 0 Å². The van der Waals surface area contributed by atoms with Gasteiger partial charge in [-0.05, 0) is 131 Å². The van der Waals surface area contributed by atoms with Crippen molar-refractivity contribution in [3.8, 4) is 5.75 Å². The lowest BCUT2D eigenvalue weighted by atomic mass is 9.91. The standard InChI is InChI=1S/C42H47Cl2F6NO5Si/c1-39(2,3)55-38(52)32-10-6-8-29(26-32)13-24-37(40(53-5,41(45,46)47)56-57-42(48,49)50)54-35-22-11-28(12-23-35)9-7-25-51(4)27-36(30-14-18-33(43)19-15-30)31-16-20-34(44)21-17-31/h6,8,10-12,14-23,26,36-37H,7,9,13,24-25,27,57H2,1-5H3. The molecule has 0 bridgehead atoms. The van der Waals surface area contributed by atoms with Crippen LogP contribution in [-0.2, 0) is 26.7 Å². The van der Waals surface area contributed by atoms with E-state index < -0.39 is 51.6 Å². The van der Waals surface area contributed by atoms with Crippen LogP contribution in [0.5, 0.6) is 5.75 Å². The van der Waals surface area contributed by atoms with Crippen molar-refractivity contribution in [2.75, 3.05) is 27.2 Å². The molecule has 0 N–H and O–H groups in total. The van der Waals surface area contributed by atoms with Gasteiger partial charge in [0.2, 0.25) is 0 Å². The highest BCUT2D eigenvalue weighted by Gasteiger charge is 2.64. The summed E-state index contributed by atoms with van der Waals surface area (Å²) in [4.78, 5) is 14.9. The van der Waals surface area contributed by atoms with Crippen LogP contribution in [0.15, 0.2) is 97.1 Å². The zero-order valence-corrected chi connectivity index (χ0v) is 35.3. The number of hydrogen-bond acceptors (Lipinski definition) is 6. The molecule has 57 heavy (non-hydrogen) atoms. The number of nitrogens with zero attached hydrogens (tertiary/aromatic N) is 1. The minimum atomic E-state index is -5.41. The summed E-state index contributed by atoms with van der Waals surface area (Å²) in [5.74, 6) is -9.27. The molecule has 0 heterocycles. The van der Waals surface area contributed by atoms with Gasteiger partial charge >= 0.3 is 17.9 Å². The molecule has 4 aromatic carbocycles. The van der Waals surface area contributed by atoms with E-state index in [0.29, 0.717) is 35.7 Å². The number of carbonyl (C=O) groups is 1. The number of carbonyl (C=O) groups excluding carboxylic acids is 1. The van der Waals surface area contributed by atoms with Crippen LogP contribution in [0.2, 0.25) is 10.0 Å². The first-order chi connectivity index (χ1) is 26.7. The molecule has 0 saturated carbocycles. The molecule has 0 fully saturated rings. The monoisotopic (exact) mass is 857 g/mol. The van der Waals surface area contributed by atoms with E-state index in [-0.39, 0.29) is 23.7 Å². The number of alkyl halides is 6. The van der Waals surface area contributed by atoms with E-state index in [1.165, 1.54) is 24.3 Å². The average Bonchev–Trinajstić information content (AvgIpc) is 3.13. The first-order valence-corrected chi connectivity index (χ1v) is 20.3. The number of ether oxygens (including phenoxy) is 3. The van der Waals surface area contributed by atoms with Crippen molar-refractivity contribution in [3.05, 3.63) is 135 Å². The number of likely N-dealkylation sites (N-methyl/N-ethyl adjacent to an activating group) is 1. The number of esters is 1. The Kier molecular flexibility index (Phi) is 16.1. The van der Waals surface area contributed by atoms with Gasteiger partial charge in [0, 0.05) is 29.6 Å². The third-order valence-corrected chi connectivity index (χ3v) is 10.5. The molecular formula is C42H47Cl2F6NO5Si. The zero-order valence-electron chi connectivity index (χ0n) is 32.4. The minimum Gasteiger partial charge on any atom is -0.484 e. The summed E-state index contributed by atoms with van der Waals surface area (Å²) in [6.45, 7) is 6.52. The molecule has 0 aromatic heterocycles. The van der Waals surface area contributed by atoms with Crippen molar-refractivity contribution in [1.82, 2.24) is 4.90 Å². The number of hydrogen-bond donors (Lipinski definition) is 0. The lowest BCUT2D eigenvalue weighted by Gasteiger charge is -2.40. The SMILES string of the molecule is COC(O[SiH2]C(F)(F)F)(C(CCc1cccc(C(=O)OC(C)(C)C)c1)Oc1ccc(CCCN(C)CC(c2ccc(Cl)cc2)c2ccc(Cl)cc2)cc1)C(F)(F)F. The van der Waals surface area contributed by atoms with Gasteiger partial charge in [-0.2, -0.15) is 26.3 Å². The van der Waals surface area contributed by atoms with E-state index in [1.54, 1.807) is 45.0 Å². The predicted octanol–water partition coefficient (Wildman–Crippen LogP) is 10.6. The maximum atomic E-state index is 14.8. The third-order valence-electron chi connectivity index (χ3n) is 9.08. The third kappa shape index (κ3) is 14.0. The molecule has 15 heteroatoms. The first-order valence-electron chi connectivity index (χ1n) is 18.3. The molecule has 2 atom stereocenters. The second kappa shape index (κ2) is 19.9. The highest BCUT2D eigenvalue weighted by Crippen LogP contribution is 2.41. The summed E-state index contributed by atoms with van der Waals surface area (Å²) in [5.41, 5.74) is 2.90. The van der Waals surface area contributed by atoms with E-state index in [1.807, 2.05) is 55.6 Å². The Hall–Kier alpha value is -3.59. The van der Waals surface area contributed by atoms with E-state index in [0.717, 1.165) is 29.7 Å². The van der Waals surface area contributed by atoms with Crippen LogP contribution >= 0.6 is 23.2 Å². The molecular weight excluding hydrogens is 811 g/mol. The number of benzene rings is 4. The molecule has 0 aliphatic carbocycles. The molecule has 0 radical (unpaired) electrons. The Morgan fingerprint density at radius 2 is 1.37 bits per heavy atom. The van der Waals surface area contributed by atoms with Gasteiger partial charge in [0.15, 0.2) is 6.10 Å². The number of rotatable bonds is 18. The molecule has 2 unspecified atom stereocenters. The number of methoxy groups -OCH3 is 1. The maximum Gasteiger partial charge on any atom is 0.446 e. The average molecular weight is 859 g/mol. The Morgan fingerprint density at radius 3 is 1.88 bits per heavy atom. The van der Waals surface area contributed by atoms with Gasteiger partial charge in [0.1, 0.15) is 11.4 Å². The smallest absolute Gasteiger partial charge is 0.446 e. The summed E-state index contributed by atoms with van der Waals surface area (Å²) in [5, 5.41) is 1.29. The fourth-order valence-electron chi connectivity index (χ4n) is 6.32. The Balaban J connectivity index is 1.48. The van der Waals surface area contributed by atoms with E-state index in [4.69, 9.17) is 41.8 Å². The lowest BCUT2D eigenvalue weighted by molar-refractivity contribution is -0.374. The fraction of sp³-hybridized carbons (Fsp3) is 0.405. The highest BCUT2D eigenvalue weighted by molar-refractivity contribution is 6.31.